The minimum absolute atomic E-state index is 0.00845. The summed E-state index contributed by atoms with van der Waals surface area (Å²) in [5, 5.41) is 8.05. The lowest BCUT2D eigenvalue weighted by Gasteiger charge is -2.31. The maximum absolute atomic E-state index is 13.1. The summed E-state index contributed by atoms with van der Waals surface area (Å²) >= 11 is 0. The molecule has 160 valence electrons. The molecule has 8 nitrogen and oxygen atoms in total. The molecule has 0 spiro atoms. The fourth-order valence-electron chi connectivity index (χ4n) is 4.11. The van der Waals surface area contributed by atoms with E-state index in [1.54, 1.807) is 9.58 Å². The smallest absolute Gasteiger partial charge is 0.260 e. The number of aryl methyl sites for hydroxylation is 2. The molecule has 2 aliphatic rings. The van der Waals surface area contributed by atoms with Crippen molar-refractivity contribution in [2.45, 2.75) is 32.3 Å². The molecule has 1 saturated heterocycles. The summed E-state index contributed by atoms with van der Waals surface area (Å²) in [7, 11) is 1.83. The Morgan fingerprint density at radius 2 is 2.13 bits per heavy atom. The van der Waals surface area contributed by atoms with E-state index in [2.05, 4.69) is 15.3 Å². The Morgan fingerprint density at radius 3 is 2.84 bits per heavy atom. The molecule has 2 aromatic heterocycles. The molecule has 0 N–H and O–H groups in total. The second-order valence-corrected chi connectivity index (χ2v) is 8.22. The van der Waals surface area contributed by atoms with Gasteiger partial charge in [0.2, 0.25) is 0 Å². The zero-order chi connectivity index (χ0) is 21.4. The SMILES string of the molecule is Cc1cc2c(cc1Cc1ccc(-c3cn(C)nn3)nc1)C(=O)N(CC1CCCO1)CO2. The maximum Gasteiger partial charge on any atom is 0.260 e. The van der Waals surface area contributed by atoms with Crippen molar-refractivity contribution in [1.29, 1.82) is 0 Å². The van der Waals surface area contributed by atoms with Crippen molar-refractivity contribution < 1.29 is 14.3 Å². The second-order valence-electron chi connectivity index (χ2n) is 8.22. The average molecular weight is 419 g/mol. The van der Waals surface area contributed by atoms with Gasteiger partial charge in [0.15, 0.2) is 6.73 Å². The number of rotatable bonds is 5. The molecule has 1 aromatic carbocycles. The van der Waals surface area contributed by atoms with Crippen molar-refractivity contribution in [2.24, 2.45) is 7.05 Å². The summed E-state index contributed by atoms with van der Waals surface area (Å²) in [6.45, 7) is 3.67. The van der Waals surface area contributed by atoms with Crippen LogP contribution in [0.15, 0.2) is 36.7 Å². The first kappa shape index (κ1) is 19.7. The van der Waals surface area contributed by atoms with E-state index in [0.717, 1.165) is 47.5 Å². The van der Waals surface area contributed by atoms with Gasteiger partial charge in [0, 0.05) is 19.9 Å². The zero-order valence-corrected chi connectivity index (χ0v) is 17.7. The third-order valence-corrected chi connectivity index (χ3v) is 5.86. The lowest BCUT2D eigenvalue weighted by atomic mass is 9.97. The van der Waals surface area contributed by atoms with Gasteiger partial charge in [-0.25, -0.2) is 0 Å². The highest BCUT2D eigenvalue weighted by Gasteiger charge is 2.29. The van der Waals surface area contributed by atoms with Crippen molar-refractivity contribution in [1.82, 2.24) is 24.9 Å². The summed E-state index contributed by atoms with van der Waals surface area (Å²) < 4.78 is 13.2. The van der Waals surface area contributed by atoms with Crippen molar-refractivity contribution in [3.63, 3.8) is 0 Å². The quantitative estimate of drug-likeness (QED) is 0.633. The molecule has 4 heterocycles. The molecule has 8 heteroatoms. The first-order chi connectivity index (χ1) is 15.1. The highest BCUT2D eigenvalue weighted by Crippen LogP contribution is 2.30. The van der Waals surface area contributed by atoms with Gasteiger partial charge >= 0.3 is 0 Å². The van der Waals surface area contributed by atoms with Crippen LogP contribution in [0.1, 0.15) is 39.9 Å². The topological polar surface area (TPSA) is 82.4 Å². The molecule has 1 amide bonds. The minimum Gasteiger partial charge on any atom is -0.472 e. The summed E-state index contributed by atoms with van der Waals surface area (Å²) in [6.07, 6.45) is 6.53. The van der Waals surface area contributed by atoms with Crippen LogP contribution in [0.5, 0.6) is 5.75 Å². The summed E-state index contributed by atoms with van der Waals surface area (Å²) in [5.41, 5.74) is 5.39. The number of hydrogen-bond donors (Lipinski definition) is 0. The van der Waals surface area contributed by atoms with Gasteiger partial charge in [-0.15, -0.1) is 5.10 Å². The Labute approximate surface area is 180 Å². The van der Waals surface area contributed by atoms with Gasteiger partial charge in [-0.1, -0.05) is 11.3 Å². The molecule has 2 aliphatic heterocycles. The number of benzene rings is 1. The number of hydrogen-bond acceptors (Lipinski definition) is 6. The maximum atomic E-state index is 13.1. The number of fused-ring (bicyclic) bond motifs is 1. The predicted octanol–water partition coefficient (Wildman–Crippen LogP) is 2.75. The van der Waals surface area contributed by atoms with Crippen LogP contribution in [0, 0.1) is 6.92 Å². The number of amides is 1. The Bertz CT molecular complexity index is 1100. The highest BCUT2D eigenvalue weighted by atomic mass is 16.5. The molecule has 0 bridgehead atoms. The van der Waals surface area contributed by atoms with E-state index in [1.165, 1.54) is 0 Å². The molecular weight excluding hydrogens is 394 g/mol. The molecule has 0 aliphatic carbocycles. The molecule has 0 saturated carbocycles. The van der Waals surface area contributed by atoms with Crippen molar-refractivity contribution in [3.8, 4) is 17.1 Å². The molecule has 31 heavy (non-hydrogen) atoms. The molecule has 0 radical (unpaired) electrons. The van der Waals surface area contributed by atoms with E-state index in [9.17, 15) is 4.79 Å². The molecule has 1 unspecified atom stereocenters. The standard InChI is InChI=1S/C23H25N5O3/c1-15-8-22-19(23(29)28(14-31-22)12-18-4-3-7-30-18)10-17(15)9-16-5-6-20(24-11-16)21-13-27(2)26-25-21/h5-6,8,10-11,13,18H,3-4,7,9,12,14H2,1-2H3. The molecule has 5 rings (SSSR count). The van der Waals surface area contributed by atoms with Crippen molar-refractivity contribution in [3.05, 3.63) is 58.9 Å². The van der Waals surface area contributed by atoms with Crippen molar-refractivity contribution >= 4 is 5.91 Å². The Hall–Kier alpha value is -3.26. The van der Waals surface area contributed by atoms with Crippen LogP contribution in [0.4, 0.5) is 0 Å². The van der Waals surface area contributed by atoms with E-state index in [-0.39, 0.29) is 18.7 Å². The first-order valence-electron chi connectivity index (χ1n) is 10.6. The van der Waals surface area contributed by atoms with E-state index >= 15 is 0 Å². The van der Waals surface area contributed by atoms with Crippen LogP contribution in [0.2, 0.25) is 0 Å². The molecule has 1 atom stereocenters. The number of ether oxygens (including phenoxy) is 2. The predicted molar refractivity (Wildman–Crippen MR) is 114 cm³/mol. The van der Waals surface area contributed by atoms with E-state index in [0.29, 0.717) is 24.3 Å². The third kappa shape index (κ3) is 4.03. The van der Waals surface area contributed by atoms with Gasteiger partial charge in [-0.2, -0.15) is 0 Å². The number of nitrogens with zero attached hydrogens (tertiary/aromatic N) is 5. The number of carbonyl (C=O) groups excluding carboxylic acids is 1. The van der Waals surface area contributed by atoms with Gasteiger partial charge in [0.25, 0.3) is 5.91 Å². The fourth-order valence-corrected chi connectivity index (χ4v) is 4.11. The van der Waals surface area contributed by atoms with Crippen LogP contribution in [-0.2, 0) is 18.2 Å². The van der Waals surface area contributed by atoms with Gasteiger partial charge < -0.3 is 14.4 Å². The third-order valence-electron chi connectivity index (χ3n) is 5.86. The second kappa shape index (κ2) is 8.11. The first-order valence-corrected chi connectivity index (χ1v) is 10.6. The Balaban J connectivity index is 1.34. The lowest BCUT2D eigenvalue weighted by molar-refractivity contribution is 0.0261. The zero-order valence-electron chi connectivity index (χ0n) is 17.7. The van der Waals surface area contributed by atoms with Gasteiger partial charge in [-0.3, -0.25) is 14.5 Å². The summed E-state index contributed by atoms with van der Waals surface area (Å²) in [4.78, 5) is 19.4. The monoisotopic (exact) mass is 419 g/mol. The van der Waals surface area contributed by atoms with Gasteiger partial charge in [0.05, 0.1) is 30.1 Å². The Morgan fingerprint density at radius 1 is 1.23 bits per heavy atom. The van der Waals surface area contributed by atoms with E-state index < -0.39 is 0 Å². The summed E-state index contributed by atoms with van der Waals surface area (Å²) in [6, 6.07) is 7.92. The normalized spacial score (nSPS) is 18.2. The minimum atomic E-state index is 0.00845. The van der Waals surface area contributed by atoms with Crippen LogP contribution < -0.4 is 4.74 Å². The van der Waals surface area contributed by atoms with Crippen LogP contribution in [0.3, 0.4) is 0 Å². The largest absolute Gasteiger partial charge is 0.472 e. The molecular formula is C23H25N5O3. The molecule has 1 fully saturated rings. The number of carbonyl (C=O) groups is 1. The van der Waals surface area contributed by atoms with E-state index in [4.69, 9.17) is 9.47 Å². The van der Waals surface area contributed by atoms with Gasteiger partial charge in [0.1, 0.15) is 11.4 Å². The van der Waals surface area contributed by atoms with Crippen LogP contribution in [-0.4, -0.2) is 56.8 Å². The van der Waals surface area contributed by atoms with Crippen molar-refractivity contribution in [2.75, 3.05) is 19.9 Å². The number of aromatic nitrogens is 4. The van der Waals surface area contributed by atoms with E-state index in [1.807, 2.05) is 50.6 Å². The highest BCUT2D eigenvalue weighted by molar-refractivity contribution is 5.98. The van der Waals surface area contributed by atoms with Crippen LogP contribution in [0.25, 0.3) is 11.4 Å². The molecule has 3 aromatic rings. The van der Waals surface area contributed by atoms with Crippen LogP contribution >= 0.6 is 0 Å². The number of pyridine rings is 1. The lowest BCUT2D eigenvalue weighted by Crippen LogP contribution is -2.43. The Kier molecular flexibility index (Phi) is 5.15. The summed E-state index contributed by atoms with van der Waals surface area (Å²) in [5.74, 6) is 0.667. The van der Waals surface area contributed by atoms with Gasteiger partial charge in [-0.05, 0) is 61.1 Å². The average Bonchev–Trinajstić information content (AvgIpc) is 3.44. The fraction of sp³-hybridized carbons (Fsp3) is 0.391.